The van der Waals surface area contributed by atoms with Gasteiger partial charge in [0.05, 0.1) is 22.0 Å². The molecule has 11 heteroatoms. The van der Waals surface area contributed by atoms with Crippen LogP contribution in [0.3, 0.4) is 0 Å². The smallest absolute Gasteiger partial charge is 0.403 e. The van der Waals surface area contributed by atoms with Gasteiger partial charge in [-0.1, -0.05) is 29.5 Å². The SMILES string of the molecule is CN(Cc1ccc(F)c(OC(F)(F)F)c1)C(=O)c1cnn(-c2nc3ccccc3s2)c1. The standard InChI is InChI=1S/C20H14F4N4O2S/c1-27(10-12-6-7-14(21)16(8-12)30-20(22,23)24)18(29)13-9-25-28(11-13)19-26-15-4-2-3-5-17(15)31-19/h2-9,11H,10H2,1H3. The fraction of sp³-hybridized carbons (Fsp3) is 0.150. The van der Waals surface area contributed by atoms with E-state index in [0.29, 0.717) is 5.13 Å². The van der Waals surface area contributed by atoms with Gasteiger partial charge in [0, 0.05) is 19.8 Å². The first-order chi connectivity index (χ1) is 14.7. The number of fused-ring (bicyclic) bond motifs is 1. The van der Waals surface area contributed by atoms with Crippen LogP contribution in [0.4, 0.5) is 17.6 Å². The molecule has 0 atom stereocenters. The van der Waals surface area contributed by atoms with E-state index in [1.54, 1.807) is 0 Å². The van der Waals surface area contributed by atoms with Crippen LogP contribution in [-0.2, 0) is 6.54 Å². The van der Waals surface area contributed by atoms with Gasteiger partial charge in [0.15, 0.2) is 11.6 Å². The van der Waals surface area contributed by atoms with Crippen LogP contribution in [0, 0.1) is 5.82 Å². The summed E-state index contributed by atoms with van der Waals surface area (Å²) >= 11 is 1.42. The van der Waals surface area contributed by atoms with E-state index in [0.717, 1.165) is 22.3 Å². The third-order valence-corrected chi connectivity index (χ3v) is 5.32. The lowest BCUT2D eigenvalue weighted by molar-refractivity contribution is -0.275. The van der Waals surface area contributed by atoms with Crippen molar-refractivity contribution in [3.05, 3.63) is 71.8 Å². The molecule has 6 nitrogen and oxygen atoms in total. The molecule has 0 radical (unpaired) electrons. The van der Waals surface area contributed by atoms with Crippen LogP contribution < -0.4 is 4.74 Å². The Hall–Kier alpha value is -3.47. The summed E-state index contributed by atoms with van der Waals surface area (Å²) in [7, 11) is 1.48. The summed E-state index contributed by atoms with van der Waals surface area (Å²) in [5.41, 5.74) is 1.36. The minimum absolute atomic E-state index is 0.0559. The number of hydrogen-bond donors (Lipinski definition) is 0. The van der Waals surface area contributed by atoms with Gasteiger partial charge in [0.25, 0.3) is 5.91 Å². The van der Waals surface area contributed by atoms with Gasteiger partial charge < -0.3 is 9.64 Å². The van der Waals surface area contributed by atoms with Crippen molar-refractivity contribution in [3.63, 3.8) is 0 Å². The highest BCUT2D eigenvalue weighted by molar-refractivity contribution is 7.20. The van der Waals surface area contributed by atoms with Crippen molar-refractivity contribution in [2.24, 2.45) is 0 Å². The average Bonchev–Trinajstić information content (AvgIpc) is 3.35. The predicted octanol–water partition coefficient (Wildman–Crippen LogP) is 4.79. The highest BCUT2D eigenvalue weighted by atomic mass is 32.1. The third kappa shape index (κ3) is 4.66. The number of halogens is 4. The van der Waals surface area contributed by atoms with E-state index in [9.17, 15) is 22.4 Å². The Morgan fingerprint density at radius 3 is 2.74 bits per heavy atom. The number of para-hydroxylation sites is 1. The maximum atomic E-state index is 13.6. The van der Waals surface area contributed by atoms with Crippen molar-refractivity contribution in [1.82, 2.24) is 19.7 Å². The maximum absolute atomic E-state index is 13.6. The molecule has 4 rings (SSSR count). The zero-order valence-corrected chi connectivity index (χ0v) is 16.7. The number of thiazole rings is 1. The number of amides is 1. The van der Waals surface area contributed by atoms with Gasteiger partial charge in [-0.15, -0.1) is 13.2 Å². The number of rotatable bonds is 5. The van der Waals surface area contributed by atoms with Gasteiger partial charge in [-0.2, -0.15) is 5.10 Å². The molecule has 0 spiro atoms. The van der Waals surface area contributed by atoms with Crippen LogP contribution in [0.25, 0.3) is 15.3 Å². The maximum Gasteiger partial charge on any atom is 0.573 e. The van der Waals surface area contributed by atoms with E-state index in [-0.39, 0.29) is 17.7 Å². The minimum Gasteiger partial charge on any atom is -0.403 e. The molecule has 4 aromatic rings. The summed E-state index contributed by atoms with van der Waals surface area (Å²) in [5, 5.41) is 4.77. The van der Waals surface area contributed by atoms with Crippen molar-refractivity contribution in [2.45, 2.75) is 12.9 Å². The summed E-state index contributed by atoms with van der Waals surface area (Å²) in [5.74, 6) is -2.50. The Labute approximate surface area is 177 Å². The molecule has 1 amide bonds. The van der Waals surface area contributed by atoms with E-state index < -0.39 is 23.8 Å². The number of alkyl halides is 3. The molecule has 0 N–H and O–H groups in total. The van der Waals surface area contributed by atoms with Crippen molar-refractivity contribution in [2.75, 3.05) is 7.05 Å². The monoisotopic (exact) mass is 450 g/mol. The van der Waals surface area contributed by atoms with Crippen molar-refractivity contribution in [3.8, 4) is 10.9 Å². The molecule has 2 aromatic heterocycles. The van der Waals surface area contributed by atoms with Crippen molar-refractivity contribution < 1.29 is 27.1 Å². The molecule has 0 aliphatic rings. The lowest BCUT2D eigenvalue weighted by atomic mass is 10.2. The molecule has 2 heterocycles. The van der Waals surface area contributed by atoms with Crippen LogP contribution in [0.5, 0.6) is 5.75 Å². The molecule has 160 valence electrons. The van der Waals surface area contributed by atoms with E-state index in [2.05, 4.69) is 14.8 Å². The molecule has 31 heavy (non-hydrogen) atoms. The van der Waals surface area contributed by atoms with Crippen LogP contribution in [0.15, 0.2) is 54.9 Å². The first-order valence-electron chi connectivity index (χ1n) is 8.90. The molecule has 0 bridgehead atoms. The summed E-state index contributed by atoms with van der Waals surface area (Å²) in [6.45, 7) is -0.0559. The number of aromatic nitrogens is 3. The molecule has 0 aliphatic heterocycles. The lowest BCUT2D eigenvalue weighted by Gasteiger charge is -2.17. The molecular formula is C20H14F4N4O2S. The fourth-order valence-electron chi connectivity index (χ4n) is 2.91. The number of carbonyl (C=O) groups is 1. The summed E-state index contributed by atoms with van der Waals surface area (Å²) < 4.78 is 56.9. The van der Waals surface area contributed by atoms with Gasteiger partial charge in [0.1, 0.15) is 0 Å². The number of benzene rings is 2. The molecule has 0 unspecified atom stereocenters. The van der Waals surface area contributed by atoms with E-state index in [1.165, 1.54) is 46.4 Å². The molecule has 0 fully saturated rings. The summed E-state index contributed by atoms with van der Waals surface area (Å²) in [6.07, 6.45) is -2.11. The molecule has 0 saturated carbocycles. The first-order valence-corrected chi connectivity index (χ1v) is 9.71. The van der Waals surface area contributed by atoms with Crippen LogP contribution in [-0.4, -0.2) is 39.0 Å². The molecular weight excluding hydrogens is 436 g/mol. The van der Waals surface area contributed by atoms with E-state index >= 15 is 0 Å². The quantitative estimate of drug-likeness (QED) is 0.410. The Morgan fingerprint density at radius 2 is 2.00 bits per heavy atom. The Kier molecular flexibility index (Phi) is 5.36. The summed E-state index contributed by atoms with van der Waals surface area (Å²) in [4.78, 5) is 18.5. The van der Waals surface area contributed by atoms with Crippen molar-refractivity contribution in [1.29, 1.82) is 0 Å². The second kappa shape index (κ2) is 7.99. The first kappa shape index (κ1) is 20.8. The molecule has 2 aromatic carbocycles. The number of carbonyl (C=O) groups excluding carboxylic acids is 1. The molecule has 0 saturated heterocycles. The Morgan fingerprint density at radius 1 is 1.23 bits per heavy atom. The van der Waals surface area contributed by atoms with Gasteiger partial charge in [-0.3, -0.25) is 4.79 Å². The van der Waals surface area contributed by atoms with E-state index in [4.69, 9.17) is 0 Å². The fourth-order valence-corrected chi connectivity index (χ4v) is 3.81. The van der Waals surface area contributed by atoms with Crippen LogP contribution in [0.1, 0.15) is 15.9 Å². The zero-order chi connectivity index (χ0) is 22.2. The third-order valence-electron chi connectivity index (χ3n) is 4.30. The van der Waals surface area contributed by atoms with E-state index in [1.807, 2.05) is 24.3 Å². The molecule has 0 aliphatic carbocycles. The second-order valence-electron chi connectivity index (χ2n) is 6.61. The topological polar surface area (TPSA) is 60.2 Å². The Balaban J connectivity index is 1.49. The minimum atomic E-state index is -5.02. The van der Waals surface area contributed by atoms with Gasteiger partial charge >= 0.3 is 6.36 Å². The average molecular weight is 450 g/mol. The normalized spacial score (nSPS) is 11.6. The summed E-state index contributed by atoms with van der Waals surface area (Å²) in [6, 6.07) is 10.6. The van der Waals surface area contributed by atoms with Crippen molar-refractivity contribution >= 4 is 27.5 Å². The number of nitrogens with zero attached hydrogens (tertiary/aromatic N) is 4. The van der Waals surface area contributed by atoms with Gasteiger partial charge in [0.2, 0.25) is 5.13 Å². The van der Waals surface area contributed by atoms with Crippen LogP contribution >= 0.6 is 11.3 Å². The zero-order valence-electron chi connectivity index (χ0n) is 15.9. The van der Waals surface area contributed by atoms with Gasteiger partial charge in [-0.05, 0) is 29.8 Å². The van der Waals surface area contributed by atoms with Crippen LogP contribution in [0.2, 0.25) is 0 Å². The Bertz CT molecular complexity index is 1220. The lowest BCUT2D eigenvalue weighted by Crippen LogP contribution is -2.26. The predicted molar refractivity (Wildman–Crippen MR) is 106 cm³/mol. The largest absolute Gasteiger partial charge is 0.573 e. The van der Waals surface area contributed by atoms with Gasteiger partial charge in [-0.25, -0.2) is 14.1 Å². The highest BCUT2D eigenvalue weighted by Crippen LogP contribution is 2.27. The number of ether oxygens (including phenoxy) is 1. The highest BCUT2D eigenvalue weighted by Gasteiger charge is 2.32. The second-order valence-corrected chi connectivity index (χ2v) is 7.62. The number of hydrogen-bond acceptors (Lipinski definition) is 5.